The molecule has 0 aliphatic heterocycles. The quantitative estimate of drug-likeness (QED) is 0.515. The van der Waals surface area contributed by atoms with E-state index in [2.05, 4.69) is 15.9 Å². The maximum absolute atomic E-state index is 13.2. The first-order valence-electron chi connectivity index (χ1n) is 6.33. The van der Waals surface area contributed by atoms with Gasteiger partial charge in [-0.2, -0.15) is 0 Å². The van der Waals surface area contributed by atoms with Crippen molar-refractivity contribution in [3.05, 3.63) is 68.9 Å². The lowest BCUT2D eigenvalue weighted by Gasteiger charge is -2.31. The van der Waals surface area contributed by atoms with Gasteiger partial charge >= 0.3 is 0 Å². The van der Waals surface area contributed by atoms with Gasteiger partial charge < -0.3 is 0 Å². The van der Waals surface area contributed by atoms with Gasteiger partial charge in [0.15, 0.2) is 0 Å². The van der Waals surface area contributed by atoms with Crippen molar-refractivity contribution < 1.29 is 4.39 Å². The summed E-state index contributed by atoms with van der Waals surface area (Å²) < 4.78 is 13.9. The highest BCUT2D eigenvalue weighted by atomic mass is 79.9. The molecule has 112 valence electrons. The molecule has 0 aliphatic carbocycles. The van der Waals surface area contributed by atoms with Crippen molar-refractivity contribution in [2.24, 2.45) is 0 Å². The monoisotopic (exact) mass is 408 g/mol. The molecule has 2 rings (SSSR count). The summed E-state index contributed by atoms with van der Waals surface area (Å²) in [6.45, 7) is 0. The average Bonchev–Trinajstić information content (AvgIpc) is 2.48. The number of benzene rings is 2. The minimum absolute atomic E-state index is 0.278. The maximum atomic E-state index is 13.2. The first-order chi connectivity index (χ1) is 10.0. The minimum Gasteiger partial charge on any atom is -0.207 e. The third-order valence-electron chi connectivity index (χ3n) is 3.51. The van der Waals surface area contributed by atoms with Crippen LogP contribution in [0.3, 0.4) is 0 Å². The van der Waals surface area contributed by atoms with Crippen LogP contribution in [-0.2, 0) is 11.8 Å². The van der Waals surface area contributed by atoms with Crippen LogP contribution in [0.15, 0.2) is 46.9 Å². The number of hydrogen-bond acceptors (Lipinski definition) is 0. The lowest BCUT2D eigenvalue weighted by atomic mass is 9.79. The van der Waals surface area contributed by atoms with Crippen LogP contribution < -0.4 is 0 Å². The Morgan fingerprint density at radius 2 is 1.62 bits per heavy atom. The van der Waals surface area contributed by atoms with E-state index < -0.39 is 5.41 Å². The molecular weight excluding hydrogens is 397 g/mol. The van der Waals surface area contributed by atoms with Crippen molar-refractivity contribution in [1.29, 1.82) is 0 Å². The van der Waals surface area contributed by atoms with E-state index in [9.17, 15) is 4.39 Å². The third-order valence-corrected chi connectivity index (χ3v) is 5.53. The van der Waals surface area contributed by atoms with Crippen LogP contribution in [-0.4, -0.2) is 11.8 Å². The van der Waals surface area contributed by atoms with Crippen LogP contribution in [0.2, 0.25) is 5.02 Å². The fourth-order valence-electron chi connectivity index (χ4n) is 2.22. The van der Waals surface area contributed by atoms with Crippen LogP contribution in [0.25, 0.3) is 0 Å². The predicted molar refractivity (Wildman–Crippen MR) is 92.4 cm³/mol. The lowest BCUT2D eigenvalue weighted by molar-refractivity contribution is 0.534. The summed E-state index contributed by atoms with van der Waals surface area (Å²) >= 11 is 21.8. The number of hydrogen-bond donors (Lipinski definition) is 0. The molecule has 0 aliphatic rings. The van der Waals surface area contributed by atoms with Crippen LogP contribution in [0.5, 0.6) is 0 Å². The van der Waals surface area contributed by atoms with Gasteiger partial charge in [-0.1, -0.05) is 45.7 Å². The van der Waals surface area contributed by atoms with E-state index in [-0.39, 0.29) is 5.82 Å². The largest absolute Gasteiger partial charge is 0.207 e. The summed E-state index contributed by atoms with van der Waals surface area (Å²) in [5.41, 5.74) is 1.56. The zero-order valence-corrected chi connectivity index (χ0v) is 14.9. The molecule has 21 heavy (non-hydrogen) atoms. The number of halogens is 5. The molecule has 0 heterocycles. The Morgan fingerprint density at radius 1 is 1.00 bits per heavy atom. The Bertz CT molecular complexity index is 609. The molecular formula is C16H13BrCl3F. The second-order valence-corrected chi connectivity index (χ2v) is 6.79. The van der Waals surface area contributed by atoms with Crippen molar-refractivity contribution in [1.82, 2.24) is 0 Å². The van der Waals surface area contributed by atoms with Crippen LogP contribution in [0.4, 0.5) is 4.39 Å². The zero-order chi connectivity index (χ0) is 15.5. The molecule has 2 aromatic rings. The zero-order valence-electron chi connectivity index (χ0n) is 11.1. The Kier molecular flexibility index (Phi) is 5.96. The molecule has 0 saturated carbocycles. The van der Waals surface area contributed by atoms with Gasteiger partial charge in [-0.3, -0.25) is 0 Å². The average molecular weight is 411 g/mol. The molecule has 0 nitrogen and oxygen atoms in total. The molecule has 0 spiro atoms. The van der Waals surface area contributed by atoms with Crippen molar-refractivity contribution in [3.63, 3.8) is 0 Å². The summed E-state index contributed by atoms with van der Waals surface area (Å²) in [5, 5.41) is 0.666. The molecule has 0 radical (unpaired) electrons. The van der Waals surface area contributed by atoms with Gasteiger partial charge in [0.25, 0.3) is 0 Å². The van der Waals surface area contributed by atoms with Gasteiger partial charge in [0.2, 0.25) is 0 Å². The van der Waals surface area contributed by atoms with Crippen LogP contribution >= 0.6 is 50.7 Å². The molecule has 0 aromatic heterocycles. The Labute approximate surface area is 147 Å². The van der Waals surface area contributed by atoms with Crippen molar-refractivity contribution in [2.45, 2.75) is 11.8 Å². The van der Waals surface area contributed by atoms with Gasteiger partial charge in [-0.25, -0.2) is 4.39 Å². The van der Waals surface area contributed by atoms with E-state index in [4.69, 9.17) is 34.8 Å². The maximum Gasteiger partial charge on any atom is 0.124 e. The molecule has 0 bridgehead atoms. The van der Waals surface area contributed by atoms with E-state index in [0.717, 1.165) is 15.6 Å². The molecule has 0 fully saturated rings. The molecule has 0 atom stereocenters. The van der Waals surface area contributed by atoms with Gasteiger partial charge in [0, 0.05) is 26.7 Å². The lowest BCUT2D eigenvalue weighted by Crippen LogP contribution is -2.33. The Balaban J connectivity index is 2.40. The highest BCUT2D eigenvalue weighted by molar-refractivity contribution is 9.10. The van der Waals surface area contributed by atoms with Gasteiger partial charge in [-0.15, -0.1) is 23.2 Å². The standard InChI is InChI=1S/C16H13BrCl3F/c17-15-7-14(21)6-1-11(15)8-16(9-18,10-19)12-2-4-13(20)5-3-12/h1-7H,8-10H2. The topological polar surface area (TPSA) is 0 Å². The second kappa shape index (κ2) is 7.32. The fourth-order valence-corrected chi connectivity index (χ4v) is 3.62. The van der Waals surface area contributed by atoms with Crippen molar-refractivity contribution >= 4 is 50.7 Å². The summed E-state index contributed by atoms with van der Waals surface area (Å²) in [6.07, 6.45) is 0.614. The van der Waals surface area contributed by atoms with E-state index >= 15 is 0 Å². The highest BCUT2D eigenvalue weighted by Gasteiger charge is 2.31. The molecule has 0 amide bonds. The van der Waals surface area contributed by atoms with Crippen LogP contribution in [0.1, 0.15) is 11.1 Å². The molecule has 0 N–H and O–H groups in total. The first kappa shape index (κ1) is 17.1. The van der Waals surface area contributed by atoms with Gasteiger partial charge in [0.05, 0.1) is 0 Å². The smallest absolute Gasteiger partial charge is 0.124 e. The van der Waals surface area contributed by atoms with E-state index in [1.807, 2.05) is 24.3 Å². The third kappa shape index (κ3) is 3.92. The van der Waals surface area contributed by atoms with E-state index in [1.54, 1.807) is 6.07 Å². The van der Waals surface area contributed by atoms with Gasteiger partial charge in [0.1, 0.15) is 5.82 Å². The summed E-state index contributed by atoms with van der Waals surface area (Å²) in [6, 6.07) is 12.2. The van der Waals surface area contributed by atoms with E-state index in [1.165, 1.54) is 12.1 Å². The van der Waals surface area contributed by atoms with Crippen LogP contribution in [0, 0.1) is 5.82 Å². The number of alkyl halides is 2. The predicted octanol–water partition coefficient (Wildman–Crippen LogP) is 6.20. The Hall–Kier alpha value is -0.280. The number of rotatable bonds is 5. The molecule has 0 unspecified atom stereocenters. The SMILES string of the molecule is Fc1ccc(CC(CCl)(CCl)c2ccc(Cl)cc2)c(Br)c1. The first-order valence-corrected chi connectivity index (χ1v) is 8.57. The normalized spacial score (nSPS) is 11.7. The molecule has 0 saturated heterocycles. The molecule has 2 aromatic carbocycles. The summed E-state index contributed by atoms with van der Waals surface area (Å²) in [7, 11) is 0. The van der Waals surface area contributed by atoms with Crippen molar-refractivity contribution in [3.8, 4) is 0 Å². The summed E-state index contributed by atoms with van der Waals surface area (Å²) in [5.74, 6) is 0.448. The molecule has 5 heteroatoms. The fraction of sp³-hybridized carbons (Fsp3) is 0.250. The minimum atomic E-state index is -0.423. The van der Waals surface area contributed by atoms with E-state index in [0.29, 0.717) is 23.2 Å². The Morgan fingerprint density at radius 3 is 2.14 bits per heavy atom. The van der Waals surface area contributed by atoms with Gasteiger partial charge in [-0.05, 0) is 41.8 Å². The second-order valence-electron chi connectivity index (χ2n) is 4.97. The van der Waals surface area contributed by atoms with Crippen molar-refractivity contribution in [2.75, 3.05) is 11.8 Å². The summed E-state index contributed by atoms with van der Waals surface area (Å²) in [4.78, 5) is 0. The highest BCUT2D eigenvalue weighted by Crippen LogP contribution is 2.34.